The second kappa shape index (κ2) is 14.2. The van der Waals surface area contributed by atoms with E-state index in [-0.39, 0.29) is 25.2 Å². The summed E-state index contributed by atoms with van der Waals surface area (Å²) >= 11 is 0. The van der Waals surface area contributed by atoms with Crippen LogP contribution in [0.5, 0.6) is 5.75 Å². The van der Waals surface area contributed by atoms with E-state index < -0.39 is 54.1 Å². The average Bonchev–Trinajstić information content (AvgIpc) is 2.97. The molecular formula is C28H35NO11. The molecule has 1 fully saturated rings. The Labute approximate surface area is 232 Å². The summed E-state index contributed by atoms with van der Waals surface area (Å²) in [7, 11) is 3.85. The number of aliphatic hydroxyl groups is 2. The van der Waals surface area contributed by atoms with Crippen molar-refractivity contribution in [2.45, 2.75) is 56.2 Å². The Morgan fingerprint density at radius 2 is 1.73 bits per heavy atom. The molecule has 3 N–H and O–H groups in total. The predicted molar refractivity (Wildman–Crippen MR) is 139 cm³/mol. The van der Waals surface area contributed by atoms with Crippen molar-refractivity contribution in [2.24, 2.45) is 0 Å². The van der Waals surface area contributed by atoms with Crippen molar-refractivity contribution < 1.29 is 53.0 Å². The number of hydrogen-bond donors (Lipinski definition) is 3. The molecule has 6 atom stereocenters. The lowest BCUT2D eigenvalue weighted by atomic mass is 9.88. The Morgan fingerprint density at radius 3 is 2.30 bits per heavy atom. The smallest absolute Gasteiger partial charge is 0.366 e. The Hall–Kier alpha value is -3.55. The van der Waals surface area contributed by atoms with Gasteiger partial charge < -0.3 is 44.0 Å². The number of amides is 1. The van der Waals surface area contributed by atoms with Gasteiger partial charge in [-0.05, 0) is 29.8 Å². The summed E-state index contributed by atoms with van der Waals surface area (Å²) < 4.78 is 32.6. The highest BCUT2D eigenvalue weighted by atomic mass is 16.7. The van der Waals surface area contributed by atoms with Crippen molar-refractivity contribution in [3.05, 3.63) is 65.7 Å². The molecule has 1 heterocycles. The molecule has 0 aromatic heterocycles. The summed E-state index contributed by atoms with van der Waals surface area (Å²) in [6.45, 7) is 1.02. The largest absolute Gasteiger partial charge is 0.497 e. The van der Waals surface area contributed by atoms with Crippen molar-refractivity contribution in [2.75, 3.05) is 27.9 Å². The molecule has 1 saturated heterocycles. The molecule has 1 aliphatic heterocycles. The van der Waals surface area contributed by atoms with Gasteiger partial charge in [-0.1, -0.05) is 30.3 Å². The lowest BCUT2D eigenvalue weighted by molar-refractivity contribution is -0.304. The molecule has 1 amide bonds. The zero-order valence-electron chi connectivity index (χ0n) is 22.8. The van der Waals surface area contributed by atoms with Gasteiger partial charge in [0.15, 0.2) is 0 Å². The fourth-order valence-electron chi connectivity index (χ4n) is 4.37. The summed E-state index contributed by atoms with van der Waals surface area (Å²) in [6.07, 6.45) is -6.32. The van der Waals surface area contributed by atoms with Gasteiger partial charge in [-0.25, -0.2) is 9.59 Å². The molecule has 0 radical (unpaired) electrons. The number of hydrogen-bond acceptors (Lipinski definition) is 11. The van der Waals surface area contributed by atoms with Crippen LogP contribution < -0.4 is 10.1 Å². The normalized spacial score (nSPS) is 23.9. The summed E-state index contributed by atoms with van der Waals surface area (Å²) in [4.78, 5) is 37.9. The van der Waals surface area contributed by atoms with E-state index in [0.717, 1.165) is 12.7 Å². The number of nitrogens with one attached hydrogen (secondary N) is 1. The van der Waals surface area contributed by atoms with Crippen molar-refractivity contribution in [3.8, 4) is 5.75 Å². The maximum atomic E-state index is 12.9. The first kappa shape index (κ1) is 31.0. The molecule has 0 saturated carbocycles. The molecule has 2 aromatic rings. The third kappa shape index (κ3) is 7.55. The standard InChI is InChI=1S/C28H35NO11/c1-17(30)29-23-22(39-26(33)19-8-6-5-7-9-19)14-28(37-4,27(34)36-3)40-25(23)24(32)21(31)16-38-15-18-10-12-20(35-2)13-11-18/h5-13,21-25,31-32H,14-16H2,1-4H3,(H,29,30)/t21-,22+,23-,24-,25-,28-/m1/s1. The lowest BCUT2D eigenvalue weighted by Crippen LogP contribution is -2.68. The van der Waals surface area contributed by atoms with E-state index in [0.29, 0.717) is 5.75 Å². The first-order chi connectivity index (χ1) is 19.1. The first-order valence-corrected chi connectivity index (χ1v) is 12.6. The summed E-state index contributed by atoms with van der Waals surface area (Å²) in [5.41, 5.74) is 1.02. The molecule has 0 spiro atoms. The highest BCUT2D eigenvalue weighted by Gasteiger charge is 2.57. The second-order valence-electron chi connectivity index (χ2n) is 9.19. The fraction of sp³-hybridized carbons (Fsp3) is 0.464. The number of rotatable bonds is 12. The van der Waals surface area contributed by atoms with Gasteiger partial charge in [-0.3, -0.25) is 4.79 Å². The zero-order chi connectivity index (χ0) is 29.3. The number of carbonyl (C=O) groups is 3. The van der Waals surface area contributed by atoms with Gasteiger partial charge in [0.2, 0.25) is 5.91 Å². The molecule has 2 aromatic carbocycles. The zero-order valence-corrected chi connectivity index (χ0v) is 22.8. The average molecular weight is 562 g/mol. The molecule has 12 heteroatoms. The number of methoxy groups -OCH3 is 3. The van der Waals surface area contributed by atoms with Crippen molar-refractivity contribution in [1.82, 2.24) is 5.32 Å². The van der Waals surface area contributed by atoms with Crippen molar-refractivity contribution in [3.63, 3.8) is 0 Å². The number of carbonyl (C=O) groups excluding carboxylic acids is 3. The van der Waals surface area contributed by atoms with Gasteiger partial charge in [0.25, 0.3) is 5.79 Å². The van der Waals surface area contributed by atoms with E-state index in [9.17, 15) is 24.6 Å². The number of aliphatic hydroxyl groups excluding tert-OH is 2. The summed E-state index contributed by atoms with van der Waals surface area (Å²) in [6, 6.07) is 14.0. The SMILES string of the molecule is COC(=O)[C@@]1(OC)C[C@H](OC(=O)c2ccccc2)[C@@H](NC(C)=O)[C@H]([C@H](O)[C@H](O)COCc2ccc(OC)cc2)O1. The van der Waals surface area contributed by atoms with E-state index in [2.05, 4.69) is 5.32 Å². The van der Waals surface area contributed by atoms with Crippen LogP contribution in [0.2, 0.25) is 0 Å². The van der Waals surface area contributed by atoms with Gasteiger partial charge in [-0.15, -0.1) is 0 Å². The lowest BCUT2D eigenvalue weighted by Gasteiger charge is -2.47. The van der Waals surface area contributed by atoms with Crippen molar-refractivity contribution >= 4 is 17.8 Å². The van der Waals surface area contributed by atoms with Gasteiger partial charge in [-0.2, -0.15) is 0 Å². The Kier molecular flexibility index (Phi) is 11.0. The van der Waals surface area contributed by atoms with E-state index >= 15 is 0 Å². The van der Waals surface area contributed by atoms with E-state index in [1.165, 1.54) is 26.2 Å². The minimum atomic E-state index is -2.11. The van der Waals surface area contributed by atoms with Crippen LogP contribution in [0.15, 0.2) is 54.6 Å². The van der Waals surface area contributed by atoms with Crippen LogP contribution in [0.25, 0.3) is 0 Å². The van der Waals surface area contributed by atoms with Crippen LogP contribution in [-0.4, -0.2) is 92.2 Å². The summed E-state index contributed by atoms with van der Waals surface area (Å²) in [5.74, 6) is -3.67. The number of esters is 2. The quantitative estimate of drug-likeness (QED) is 0.317. The van der Waals surface area contributed by atoms with Gasteiger partial charge in [0.05, 0.1) is 45.5 Å². The first-order valence-electron chi connectivity index (χ1n) is 12.6. The van der Waals surface area contributed by atoms with Gasteiger partial charge in [0, 0.05) is 14.0 Å². The van der Waals surface area contributed by atoms with Crippen LogP contribution in [0.4, 0.5) is 0 Å². The highest BCUT2D eigenvalue weighted by Crippen LogP contribution is 2.35. The molecule has 0 unspecified atom stereocenters. The molecule has 40 heavy (non-hydrogen) atoms. The van der Waals surface area contributed by atoms with Crippen LogP contribution in [-0.2, 0) is 39.9 Å². The Morgan fingerprint density at radius 1 is 1.05 bits per heavy atom. The molecular weight excluding hydrogens is 526 g/mol. The third-order valence-electron chi connectivity index (χ3n) is 6.46. The molecule has 12 nitrogen and oxygen atoms in total. The Balaban J connectivity index is 1.84. The predicted octanol–water partition coefficient (Wildman–Crippen LogP) is 0.969. The maximum absolute atomic E-state index is 12.9. The molecule has 0 bridgehead atoms. The molecule has 218 valence electrons. The van der Waals surface area contributed by atoms with Crippen LogP contribution in [0.1, 0.15) is 29.3 Å². The van der Waals surface area contributed by atoms with E-state index in [4.69, 9.17) is 28.4 Å². The second-order valence-corrected chi connectivity index (χ2v) is 9.19. The van der Waals surface area contributed by atoms with E-state index in [1.807, 2.05) is 0 Å². The van der Waals surface area contributed by atoms with Crippen LogP contribution in [0.3, 0.4) is 0 Å². The van der Waals surface area contributed by atoms with Gasteiger partial charge >= 0.3 is 11.9 Å². The molecule has 0 aliphatic carbocycles. The third-order valence-corrected chi connectivity index (χ3v) is 6.46. The Bertz CT molecular complexity index is 1130. The van der Waals surface area contributed by atoms with Crippen LogP contribution in [0, 0.1) is 0 Å². The molecule has 3 rings (SSSR count). The monoisotopic (exact) mass is 561 g/mol. The topological polar surface area (TPSA) is 159 Å². The highest BCUT2D eigenvalue weighted by molar-refractivity contribution is 5.89. The van der Waals surface area contributed by atoms with E-state index in [1.54, 1.807) is 49.6 Å². The number of benzene rings is 2. The van der Waals surface area contributed by atoms with Crippen molar-refractivity contribution in [1.29, 1.82) is 0 Å². The summed E-state index contributed by atoms with van der Waals surface area (Å²) in [5, 5.41) is 24.6. The molecule has 1 aliphatic rings. The number of ether oxygens (including phenoxy) is 6. The van der Waals surface area contributed by atoms with Gasteiger partial charge in [0.1, 0.15) is 30.2 Å². The minimum absolute atomic E-state index is 0.121. The fourth-order valence-corrected chi connectivity index (χ4v) is 4.37. The van der Waals surface area contributed by atoms with Crippen LogP contribution >= 0.6 is 0 Å². The minimum Gasteiger partial charge on any atom is -0.497 e. The maximum Gasteiger partial charge on any atom is 0.366 e.